The van der Waals surface area contributed by atoms with Gasteiger partial charge in [0.1, 0.15) is 18.4 Å². The Morgan fingerprint density at radius 3 is 2.67 bits per heavy atom. The molecule has 0 aliphatic carbocycles. The number of nitrogens with one attached hydrogen (secondary N) is 1. The first-order valence-corrected chi connectivity index (χ1v) is 19.5. The van der Waals surface area contributed by atoms with Gasteiger partial charge in [0, 0.05) is 91.3 Å². The highest BCUT2D eigenvalue weighted by atomic mass is 32.1. The molecule has 1 aromatic carbocycles. The van der Waals surface area contributed by atoms with E-state index in [1.807, 2.05) is 18.9 Å². The number of hydrogen-bond acceptors (Lipinski definition) is 10. The number of hydrazine groups is 1. The fourth-order valence-corrected chi connectivity index (χ4v) is 8.02. The van der Waals surface area contributed by atoms with Crippen molar-refractivity contribution >= 4 is 40.5 Å². The molecule has 3 aliphatic heterocycles. The third-order valence-corrected chi connectivity index (χ3v) is 11.4. The zero-order valence-corrected chi connectivity index (χ0v) is 33.1. The number of methoxy groups -OCH3 is 1. The average Bonchev–Trinajstić information content (AvgIpc) is 3.71. The number of alkyl halides is 3. The summed E-state index contributed by atoms with van der Waals surface area (Å²) in [6.45, 7) is 16.6. The van der Waals surface area contributed by atoms with Crippen molar-refractivity contribution in [1.29, 1.82) is 0 Å². The van der Waals surface area contributed by atoms with E-state index in [1.165, 1.54) is 24.5 Å². The molecule has 15 heteroatoms. The zero-order chi connectivity index (χ0) is 39.7. The Morgan fingerprint density at radius 1 is 1.22 bits per heavy atom. The van der Waals surface area contributed by atoms with Crippen LogP contribution in [0.5, 0.6) is 0 Å². The van der Waals surface area contributed by atoms with Crippen molar-refractivity contribution in [1.82, 2.24) is 29.8 Å². The van der Waals surface area contributed by atoms with Gasteiger partial charge in [-0.3, -0.25) is 9.79 Å². The van der Waals surface area contributed by atoms with Crippen LogP contribution in [-0.2, 0) is 33.7 Å². The number of carbonyl (C=O) groups excluding carboxylic acids is 1. The molecule has 0 amide bonds. The zero-order valence-electron chi connectivity index (χ0n) is 32.3. The van der Waals surface area contributed by atoms with Crippen LogP contribution in [0.1, 0.15) is 56.3 Å². The number of thiazole rings is 1. The van der Waals surface area contributed by atoms with Gasteiger partial charge < -0.3 is 28.8 Å². The SMILES string of the molecule is C=C(C=N/C(=C/c1c2c3cc(c(F)cc3n1CC(F)(F)F)-c1csc(n1)CCC(=C)N1CCCC(N1)C(=O)OCC(C)(C)C2)C(C)OC)N1CCN(C)CC1. The van der Waals surface area contributed by atoms with Crippen LogP contribution >= 0.6 is 11.3 Å². The molecular weight excluding hydrogens is 735 g/mol. The van der Waals surface area contributed by atoms with Crippen molar-refractivity contribution in [3.05, 3.63) is 69.8 Å². The van der Waals surface area contributed by atoms with Crippen molar-refractivity contribution < 1.29 is 31.8 Å². The lowest BCUT2D eigenvalue weighted by atomic mass is 9.85. The maximum Gasteiger partial charge on any atom is 0.406 e. The number of hydrogen-bond donors (Lipinski definition) is 1. The fraction of sp³-hybridized carbons (Fsp3) is 0.525. The molecule has 0 radical (unpaired) electrons. The molecular formula is C40H51F4N7O3S. The number of fused-ring (bicyclic) bond motifs is 6. The van der Waals surface area contributed by atoms with Gasteiger partial charge in [-0.2, -0.15) is 13.2 Å². The highest BCUT2D eigenvalue weighted by Crippen LogP contribution is 2.39. The predicted octanol–water partition coefficient (Wildman–Crippen LogP) is 7.21. The summed E-state index contributed by atoms with van der Waals surface area (Å²) in [6.07, 6.45) is 0.607. The molecule has 3 aromatic rings. The maximum atomic E-state index is 16.2. The van der Waals surface area contributed by atoms with E-state index in [2.05, 4.69) is 35.4 Å². The lowest BCUT2D eigenvalue weighted by Crippen LogP contribution is -2.52. The summed E-state index contributed by atoms with van der Waals surface area (Å²) in [5.41, 5.74) is 5.76. The summed E-state index contributed by atoms with van der Waals surface area (Å²) in [4.78, 5) is 27.3. The van der Waals surface area contributed by atoms with E-state index >= 15 is 4.39 Å². The Bertz CT molecular complexity index is 1980. The molecule has 2 unspecified atom stereocenters. The molecule has 5 heterocycles. The summed E-state index contributed by atoms with van der Waals surface area (Å²) < 4.78 is 72.4. The molecule has 2 atom stereocenters. The Labute approximate surface area is 324 Å². The second kappa shape index (κ2) is 16.6. The summed E-state index contributed by atoms with van der Waals surface area (Å²) in [5.74, 6) is -1.10. The molecule has 2 fully saturated rings. The monoisotopic (exact) mass is 785 g/mol. The van der Waals surface area contributed by atoms with E-state index in [4.69, 9.17) is 19.5 Å². The number of cyclic esters (lactones) is 1. The van der Waals surface area contributed by atoms with Crippen LogP contribution in [0, 0.1) is 11.2 Å². The predicted molar refractivity (Wildman–Crippen MR) is 209 cm³/mol. The summed E-state index contributed by atoms with van der Waals surface area (Å²) in [5, 5.41) is 4.87. The first-order chi connectivity index (χ1) is 26.0. The van der Waals surface area contributed by atoms with Crippen molar-refractivity contribution in [2.45, 2.75) is 77.7 Å². The van der Waals surface area contributed by atoms with Gasteiger partial charge in [0.15, 0.2) is 0 Å². The smallest absolute Gasteiger partial charge is 0.406 e. The molecule has 55 heavy (non-hydrogen) atoms. The van der Waals surface area contributed by atoms with E-state index in [-0.39, 0.29) is 29.8 Å². The lowest BCUT2D eigenvalue weighted by molar-refractivity contribution is -0.152. The van der Waals surface area contributed by atoms with Gasteiger partial charge in [0.05, 0.1) is 34.6 Å². The second-order valence-electron chi connectivity index (χ2n) is 15.5. The minimum atomic E-state index is -4.64. The molecule has 10 nitrogen and oxygen atoms in total. The van der Waals surface area contributed by atoms with Gasteiger partial charge in [-0.15, -0.1) is 11.3 Å². The van der Waals surface area contributed by atoms with Crippen molar-refractivity contribution in [2.75, 3.05) is 53.5 Å². The number of carbonyl (C=O) groups is 1. The quantitative estimate of drug-likeness (QED) is 0.153. The Hall–Kier alpha value is -4.05. The molecule has 3 aliphatic rings. The lowest BCUT2D eigenvalue weighted by Gasteiger charge is -2.36. The van der Waals surface area contributed by atoms with E-state index in [0.29, 0.717) is 53.8 Å². The number of nitrogens with zero attached hydrogens (tertiary/aromatic N) is 6. The van der Waals surface area contributed by atoms with Gasteiger partial charge in [-0.1, -0.05) is 27.0 Å². The number of halogens is 4. The van der Waals surface area contributed by atoms with E-state index in [1.54, 1.807) is 30.7 Å². The van der Waals surface area contributed by atoms with Crippen molar-refractivity contribution in [3.63, 3.8) is 0 Å². The van der Waals surface area contributed by atoms with Crippen LogP contribution in [0.15, 0.2) is 52.8 Å². The van der Waals surface area contributed by atoms with Gasteiger partial charge in [-0.05, 0) is 63.4 Å². The summed E-state index contributed by atoms with van der Waals surface area (Å²) >= 11 is 1.39. The fourth-order valence-electron chi connectivity index (χ4n) is 7.22. The molecule has 0 saturated carbocycles. The number of likely N-dealkylation sites (N-methyl/N-ethyl adjacent to an activating group) is 1. The first-order valence-electron chi connectivity index (χ1n) is 18.7. The Morgan fingerprint density at radius 2 is 1.96 bits per heavy atom. The third-order valence-electron chi connectivity index (χ3n) is 10.5. The molecule has 0 spiro atoms. The normalized spacial score (nSPS) is 21.3. The number of esters is 1. The van der Waals surface area contributed by atoms with Crippen LogP contribution in [0.25, 0.3) is 28.2 Å². The van der Waals surface area contributed by atoms with Gasteiger partial charge >= 0.3 is 12.1 Å². The Kier molecular flexibility index (Phi) is 12.2. The second-order valence-corrected chi connectivity index (χ2v) is 16.5. The van der Waals surface area contributed by atoms with E-state index in [9.17, 15) is 18.0 Å². The molecule has 2 aromatic heterocycles. The molecule has 1 N–H and O–H groups in total. The minimum absolute atomic E-state index is 0.00606. The van der Waals surface area contributed by atoms with Gasteiger partial charge in [-0.25, -0.2) is 14.8 Å². The van der Waals surface area contributed by atoms with Crippen molar-refractivity contribution in [2.24, 2.45) is 10.4 Å². The number of aromatic nitrogens is 2. The van der Waals surface area contributed by atoms with E-state index < -0.39 is 42.1 Å². The maximum absolute atomic E-state index is 16.2. The largest absolute Gasteiger partial charge is 0.464 e. The van der Waals surface area contributed by atoms with Crippen LogP contribution in [0.4, 0.5) is 17.6 Å². The Balaban J connectivity index is 1.52. The topological polar surface area (TPSA) is 87.5 Å². The third kappa shape index (κ3) is 9.68. The van der Waals surface area contributed by atoms with Crippen LogP contribution in [0.2, 0.25) is 0 Å². The van der Waals surface area contributed by atoms with Gasteiger partial charge in [0.25, 0.3) is 0 Å². The molecule has 6 rings (SSSR count). The molecule has 298 valence electrons. The first kappa shape index (κ1) is 40.6. The highest BCUT2D eigenvalue weighted by molar-refractivity contribution is 7.09. The van der Waals surface area contributed by atoms with E-state index in [0.717, 1.165) is 47.9 Å². The number of aryl methyl sites for hydroxylation is 1. The summed E-state index contributed by atoms with van der Waals surface area (Å²) in [7, 11) is 3.56. The number of piperazine rings is 1. The van der Waals surface area contributed by atoms with Crippen LogP contribution < -0.4 is 5.43 Å². The standard InChI is InChI=1S/C40H51F4N7O3S/c1-25-10-11-37-46-34(22-55-37)29-17-28-30(20-39(4,5)24-54-38(52)32-9-8-12-51(25)47-32)36(50(23-40(42,43)44)35(28)18-31(29)41)19-33(27(3)53-7)45-21-26(2)49-15-13-48(6)14-16-49/h17-19,21-22,27,32,47H,1-2,8-16,20,23-24H2,3-7H3/b33-19+,45-21?. The van der Waals surface area contributed by atoms with Crippen LogP contribution in [0.3, 0.4) is 0 Å². The van der Waals surface area contributed by atoms with Gasteiger partial charge in [0.2, 0.25) is 0 Å². The molecule has 2 saturated heterocycles. The average molecular weight is 786 g/mol. The minimum Gasteiger partial charge on any atom is -0.464 e. The molecule has 6 bridgehead atoms. The highest BCUT2D eigenvalue weighted by Gasteiger charge is 2.35. The van der Waals surface area contributed by atoms with Crippen molar-refractivity contribution in [3.8, 4) is 11.3 Å². The number of rotatable bonds is 7. The number of allylic oxidation sites excluding steroid dienone is 2. The number of aliphatic imine (C=N–C) groups is 1. The number of benzene rings is 1. The summed E-state index contributed by atoms with van der Waals surface area (Å²) in [6, 6.07) is 2.20. The number of ether oxygens (including phenoxy) is 2. The van der Waals surface area contributed by atoms with Crippen LogP contribution in [-0.4, -0.2) is 108 Å².